The topological polar surface area (TPSA) is 27.7 Å². The number of methoxy groups -OCH3 is 1. The van der Waals surface area contributed by atoms with Crippen LogP contribution >= 0.6 is 11.8 Å². The number of benzene rings is 1. The van der Waals surface area contributed by atoms with Crippen LogP contribution in [-0.2, 0) is 0 Å². The van der Waals surface area contributed by atoms with Gasteiger partial charge in [0, 0.05) is 23.8 Å². The predicted octanol–water partition coefficient (Wildman–Crippen LogP) is 3.08. The second-order valence-electron chi connectivity index (χ2n) is 4.54. The molecular weight excluding hydrogens is 236 g/mol. The molecular formula is C13H16O3S. The Hall–Kier alpha value is -1.03. The van der Waals surface area contributed by atoms with Crippen molar-refractivity contribution in [2.75, 3.05) is 12.9 Å². The standard InChI is InChI=1S/C13H16O3S/c1-9-8-13(6-7-17-9)15-11-5-3-4-10(14-2)12(11)16-13/h3-5,9H,6-8H2,1-2H3. The number of rotatable bonds is 1. The Morgan fingerprint density at radius 2 is 2.29 bits per heavy atom. The van der Waals surface area contributed by atoms with E-state index in [4.69, 9.17) is 14.2 Å². The zero-order valence-electron chi connectivity index (χ0n) is 10.1. The molecule has 92 valence electrons. The lowest BCUT2D eigenvalue weighted by molar-refractivity contribution is -0.0895. The van der Waals surface area contributed by atoms with Crippen LogP contribution in [0.25, 0.3) is 0 Å². The van der Waals surface area contributed by atoms with Crippen molar-refractivity contribution in [2.24, 2.45) is 0 Å². The summed E-state index contributed by atoms with van der Waals surface area (Å²) in [5, 5.41) is 0.573. The molecule has 17 heavy (non-hydrogen) atoms. The number of para-hydroxylation sites is 1. The summed E-state index contributed by atoms with van der Waals surface area (Å²) in [5.41, 5.74) is 0. The van der Waals surface area contributed by atoms with Crippen molar-refractivity contribution in [1.82, 2.24) is 0 Å². The molecule has 2 atom stereocenters. The Labute approximate surface area is 105 Å². The molecule has 1 aromatic rings. The lowest BCUT2D eigenvalue weighted by Crippen LogP contribution is -2.44. The van der Waals surface area contributed by atoms with Crippen molar-refractivity contribution < 1.29 is 14.2 Å². The molecule has 0 saturated carbocycles. The highest BCUT2D eigenvalue weighted by atomic mass is 32.2. The fourth-order valence-corrected chi connectivity index (χ4v) is 3.65. The van der Waals surface area contributed by atoms with E-state index in [1.165, 1.54) is 0 Å². The zero-order valence-corrected chi connectivity index (χ0v) is 10.9. The normalized spacial score (nSPS) is 30.6. The molecule has 4 heteroatoms. The van der Waals surface area contributed by atoms with Gasteiger partial charge in [-0.15, -0.1) is 0 Å². The van der Waals surface area contributed by atoms with Gasteiger partial charge < -0.3 is 14.2 Å². The molecule has 3 rings (SSSR count). The second-order valence-corrected chi connectivity index (χ2v) is 6.08. The van der Waals surface area contributed by atoms with Crippen LogP contribution in [0.15, 0.2) is 18.2 Å². The van der Waals surface area contributed by atoms with Crippen LogP contribution < -0.4 is 14.2 Å². The monoisotopic (exact) mass is 252 g/mol. The van der Waals surface area contributed by atoms with Crippen LogP contribution in [0.4, 0.5) is 0 Å². The highest BCUT2D eigenvalue weighted by molar-refractivity contribution is 7.99. The number of hydrogen-bond acceptors (Lipinski definition) is 4. The quantitative estimate of drug-likeness (QED) is 0.767. The smallest absolute Gasteiger partial charge is 0.253 e. The van der Waals surface area contributed by atoms with Gasteiger partial charge in [0.05, 0.1) is 7.11 Å². The third-order valence-corrected chi connectivity index (χ3v) is 4.41. The first-order valence-corrected chi connectivity index (χ1v) is 6.94. The molecule has 0 aliphatic carbocycles. The summed E-state index contributed by atoms with van der Waals surface area (Å²) in [6.07, 6.45) is 1.86. The van der Waals surface area contributed by atoms with E-state index in [1.807, 2.05) is 30.0 Å². The minimum atomic E-state index is -0.457. The van der Waals surface area contributed by atoms with Gasteiger partial charge in [-0.05, 0) is 12.1 Å². The minimum absolute atomic E-state index is 0.457. The first kappa shape index (κ1) is 11.1. The number of hydrogen-bond donors (Lipinski definition) is 0. The molecule has 2 aliphatic heterocycles. The highest BCUT2D eigenvalue weighted by Gasteiger charge is 2.45. The third-order valence-electron chi connectivity index (χ3n) is 3.23. The Morgan fingerprint density at radius 1 is 1.41 bits per heavy atom. The van der Waals surface area contributed by atoms with Crippen molar-refractivity contribution in [1.29, 1.82) is 0 Å². The first-order valence-electron chi connectivity index (χ1n) is 5.89. The van der Waals surface area contributed by atoms with Crippen molar-refractivity contribution >= 4 is 11.8 Å². The van der Waals surface area contributed by atoms with Crippen LogP contribution in [0.3, 0.4) is 0 Å². The van der Waals surface area contributed by atoms with E-state index in [2.05, 4.69) is 6.92 Å². The van der Waals surface area contributed by atoms with Gasteiger partial charge in [0.2, 0.25) is 5.75 Å². The van der Waals surface area contributed by atoms with Gasteiger partial charge in [0.25, 0.3) is 5.79 Å². The van der Waals surface area contributed by atoms with Gasteiger partial charge >= 0.3 is 0 Å². The minimum Gasteiger partial charge on any atom is -0.493 e. The molecule has 0 bridgehead atoms. The summed E-state index contributed by atoms with van der Waals surface area (Å²) in [6.45, 7) is 2.22. The maximum Gasteiger partial charge on any atom is 0.253 e. The third kappa shape index (κ3) is 1.84. The van der Waals surface area contributed by atoms with Crippen LogP contribution in [0, 0.1) is 0 Å². The van der Waals surface area contributed by atoms with Crippen molar-refractivity contribution in [3.05, 3.63) is 18.2 Å². The van der Waals surface area contributed by atoms with Crippen molar-refractivity contribution in [3.63, 3.8) is 0 Å². The molecule has 1 saturated heterocycles. The number of ether oxygens (including phenoxy) is 3. The Bertz CT molecular complexity index is 435. The maximum atomic E-state index is 6.07. The van der Waals surface area contributed by atoms with E-state index in [9.17, 15) is 0 Å². The molecule has 0 amide bonds. The molecule has 1 aromatic carbocycles. The Kier molecular flexibility index (Phi) is 2.62. The molecule has 1 fully saturated rings. The molecule has 2 heterocycles. The van der Waals surface area contributed by atoms with E-state index in [0.717, 1.165) is 35.8 Å². The fourth-order valence-electron chi connectivity index (χ4n) is 2.44. The molecule has 0 aromatic heterocycles. The van der Waals surface area contributed by atoms with Crippen molar-refractivity contribution in [2.45, 2.75) is 30.8 Å². The van der Waals surface area contributed by atoms with Gasteiger partial charge in [0.15, 0.2) is 11.5 Å². The second kappa shape index (κ2) is 4.02. The predicted molar refractivity (Wildman–Crippen MR) is 68.1 cm³/mol. The molecule has 0 radical (unpaired) electrons. The Balaban J connectivity index is 1.91. The van der Waals surface area contributed by atoms with Gasteiger partial charge in [-0.3, -0.25) is 0 Å². The van der Waals surface area contributed by atoms with Gasteiger partial charge in [-0.2, -0.15) is 11.8 Å². The first-order chi connectivity index (χ1) is 8.22. The Morgan fingerprint density at radius 3 is 3.06 bits per heavy atom. The van der Waals surface area contributed by atoms with E-state index in [1.54, 1.807) is 7.11 Å². The summed E-state index contributed by atoms with van der Waals surface area (Å²) >= 11 is 1.98. The van der Waals surface area contributed by atoms with Crippen molar-refractivity contribution in [3.8, 4) is 17.2 Å². The molecule has 3 nitrogen and oxygen atoms in total. The fraction of sp³-hybridized carbons (Fsp3) is 0.538. The van der Waals surface area contributed by atoms with E-state index in [-0.39, 0.29) is 0 Å². The van der Waals surface area contributed by atoms with E-state index >= 15 is 0 Å². The molecule has 1 spiro atoms. The average molecular weight is 252 g/mol. The molecule has 2 unspecified atom stereocenters. The summed E-state index contributed by atoms with van der Waals surface area (Å²) < 4.78 is 17.4. The van der Waals surface area contributed by atoms with Gasteiger partial charge in [-0.25, -0.2) is 0 Å². The molecule has 0 N–H and O–H groups in total. The highest BCUT2D eigenvalue weighted by Crippen LogP contribution is 2.50. The largest absolute Gasteiger partial charge is 0.493 e. The lowest BCUT2D eigenvalue weighted by atomic mass is 10.1. The summed E-state index contributed by atoms with van der Waals surface area (Å²) in [4.78, 5) is 0. The number of thioether (sulfide) groups is 1. The van der Waals surface area contributed by atoms with Crippen LogP contribution in [0.5, 0.6) is 17.2 Å². The van der Waals surface area contributed by atoms with E-state index in [0.29, 0.717) is 5.25 Å². The average Bonchev–Trinajstić information content (AvgIpc) is 2.65. The SMILES string of the molecule is COc1cccc2c1OC1(CCSC(C)C1)O2. The summed E-state index contributed by atoms with van der Waals surface area (Å²) in [6, 6.07) is 5.78. The van der Waals surface area contributed by atoms with Gasteiger partial charge in [0.1, 0.15) is 0 Å². The summed E-state index contributed by atoms with van der Waals surface area (Å²) in [5.74, 6) is 2.95. The van der Waals surface area contributed by atoms with E-state index < -0.39 is 5.79 Å². The maximum absolute atomic E-state index is 6.07. The van der Waals surface area contributed by atoms with Gasteiger partial charge in [-0.1, -0.05) is 13.0 Å². The molecule has 2 aliphatic rings. The van der Waals surface area contributed by atoms with Crippen LogP contribution in [-0.4, -0.2) is 23.9 Å². The van der Waals surface area contributed by atoms with Crippen LogP contribution in [0.1, 0.15) is 19.8 Å². The van der Waals surface area contributed by atoms with Crippen LogP contribution in [0.2, 0.25) is 0 Å². The zero-order chi connectivity index (χ0) is 11.9. The summed E-state index contributed by atoms with van der Waals surface area (Å²) in [7, 11) is 1.66. The number of fused-ring (bicyclic) bond motifs is 1. The lowest BCUT2D eigenvalue weighted by Gasteiger charge is -2.34.